The predicted octanol–water partition coefficient (Wildman–Crippen LogP) is 3.58. The molecule has 0 radical (unpaired) electrons. The number of hydrazine groups is 1. The van der Waals surface area contributed by atoms with Gasteiger partial charge in [-0.15, -0.1) is 0 Å². The molecule has 0 saturated heterocycles. The molecule has 1 aliphatic carbocycles. The molecular formula is C20H23ClN6O. The van der Waals surface area contributed by atoms with Crippen LogP contribution < -0.4 is 11.3 Å². The van der Waals surface area contributed by atoms with Gasteiger partial charge in [-0.1, -0.05) is 31.4 Å². The van der Waals surface area contributed by atoms with Crippen molar-refractivity contribution < 1.29 is 4.79 Å². The van der Waals surface area contributed by atoms with Crippen LogP contribution >= 0.6 is 11.6 Å². The van der Waals surface area contributed by atoms with Gasteiger partial charge in [0.2, 0.25) is 5.82 Å². The number of aromatic nitrogens is 4. The molecule has 1 amide bonds. The van der Waals surface area contributed by atoms with Crippen LogP contribution in [0.5, 0.6) is 0 Å². The van der Waals surface area contributed by atoms with Crippen molar-refractivity contribution in [3.05, 3.63) is 41.6 Å². The summed E-state index contributed by atoms with van der Waals surface area (Å²) in [5, 5.41) is 0.508. The number of nitrogen functional groups attached to an aromatic ring is 1. The van der Waals surface area contributed by atoms with Crippen LogP contribution in [0.2, 0.25) is 5.02 Å². The van der Waals surface area contributed by atoms with Gasteiger partial charge in [0, 0.05) is 30.7 Å². The van der Waals surface area contributed by atoms with Gasteiger partial charge in [0.1, 0.15) is 5.69 Å². The maximum Gasteiger partial charge on any atom is 0.302 e. The fourth-order valence-corrected chi connectivity index (χ4v) is 4.13. The van der Waals surface area contributed by atoms with Crippen molar-refractivity contribution >= 4 is 28.5 Å². The minimum absolute atomic E-state index is 0.0224. The SMILES string of the molecule is CC1CCC(Cn2ccc3nc(C(=O)NN)nc(-c4cncc(Cl)c4)c32)CC1. The van der Waals surface area contributed by atoms with Gasteiger partial charge in [-0.05, 0) is 36.8 Å². The fraction of sp³-hybridized carbons (Fsp3) is 0.400. The third-order valence-electron chi connectivity index (χ3n) is 5.51. The standard InChI is InChI=1S/C20H23ClN6O/c1-12-2-4-13(5-3-12)11-27-7-6-16-18(27)17(14-8-15(21)10-23-9-14)25-19(24-16)20(28)26-22/h6-10,12-13H,2-5,11,22H2,1H3,(H,26,28). The predicted molar refractivity (Wildman–Crippen MR) is 109 cm³/mol. The first kappa shape index (κ1) is 18.8. The lowest BCUT2D eigenvalue weighted by molar-refractivity contribution is 0.0943. The molecular weight excluding hydrogens is 376 g/mol. The van der Waals surface area contributed by atoms with Crippen molar-refractivity contribution in [3.63, 3.8) is 0 Å². The van der Waals surface area contributed by atoms with Crippen LogP contribution in [0.4, 0.5) is 0 Å². The van der Waals surface area contributed by atoms with Crippen LogP contribution in [0.25, 0.3) is 22.3 Å². The first-order chi connectivity index (χ1) is 13.5. The van der Waals surface area contributed by atoms with Gasteiger partial charge in [-0.3, -0.25) is 15.2 Å². The molecule has 3 aromatic heterocycles. The number of hydrogen-bond donors (Lipinski definition) is 2. The summed E-state index contributed by atoms with van der Waals surface area (Å²) in [5.41, 5.74) is 5.06. The number of carbonyl (C=O) groups excluding carboxylic acids is 1. The number of nitrogens with zero attached hydrogens (tertiary/aromatic N) is 4. The van der Waals surface area contributed by atoms with Crippen molar-refractivity contribution in [1.29, 1.82) is 0 Å². The van der Waals surface area contributed by atoms with Gasteiger partial charge < -0.3 is 4.57 Å². The zero-order valence-electron chi connectivity index (χ0n) is 15.7. The third kappa shape index (κ3) is 3.72. The summed E-state index contributed by atoms with van der Waals surface area (Å²) < 4.78 is 2.19. The quantitative estimate of drug-likeness (QED) is 0.397. The lowest BCUT2D eigenvalue weighted by atomic mass is 9.83. The minimum Gasteiger partial charge on any atom is -0.344 e. The number of nitrogens with two attached hydrogens (primary N) is 1. The Morgan fingerprint density at radius 2 is 2.07 bits per heavy atom. The molecule has 3 N–H and O–H groups in total. The van der Waals surface area contributed by atoms with E-state index in [1.807, 2.05) is 12.3 Å². The summed E-state index contributed by atoms with van der Waals surface area (Å²) in [4.78, 5) is 25.1. The topological polar surface area (TPSA) is 98.7 Å². The monoisotopic (exact) mass is 398 g/mol. The van der Waals surface area contributed by atoms with E-state index in [2.05, 4.69) is 31.9 Å². The van der Waals surface area contributed by atoms with Crippen LogP contribution in [-0.4, -0.2) is 25.4 Å². The molecule has 1 saturated carbocycles. The van der Waals surface area contributed by atoms with E-state index in [-0.39, 0.29) is 5.82 Å². The number of halogens is 1. The fourth-order valence-electron chi connectivity index (χ4n) is 3.96. The van der Waals surface area contributed by atoms with Crippen LogP contribution in [0.1, 0.15) is 43.2 Å². The van der Waals surface area contributed by atoms with Crippen molar-refractivity contribution in [2.24, 2.45) is 17.7 Å². The first-order valence-electron chi connectivity index (χ1n) is 9.54. The molecule has 4 rings (SSSR count). The molecule has 1 fully saturated rings. The van der Waals surface area contributed by atoms with Gasteiger partial charge in [0.15, 0.2) is 0 Å². The minimum atomic E-state index is -0.535. The van der Waals surface area contributed by atoms with E-state index < -0.39 is 5.91 Å². The Morgan fingerprint density at radius 3 is 2.79 bits per heavy atom. The molecule has 7 nitrogen and oxygen atoms in total. The highest BCUT2D eigenvalue weighted by atomic mass is 35.5. The molecule has 8 heteroatoms. The van der Waals surface area contributed by atoms with Gasteiger partial charge in [-0.2, -0.15) is 0 Å². The zero-order chi connectivity index (χ0) is 19.7. The van der Waals surface area contributed by atoms with E-state index in [1.54, 1.807) is 18.5 Å². The van der Waals surface area contributed by atoms with Crippen LogP contribution in [0.15, 0.2) is 30.7 Å². The molecule has 1 aliphatic rings. The number of fused-ring (bicyclic) bond motifs is 1. The van der Waals surface area contributed by atoms with E-state index in [0.29, 0.717) is 22.2 Å². The molecule has 28 heavy (non-hydrogen) atoms. The van der Waals surface area contributed by atoms with Crippen molar-refractivity contribution in [2.75, 3.05) is 0 Å². The van der Waals surface area contributed by atoms with E-state index in [0.717, 1.165) is 23.5 Å². The van der Waals surface area contributed by atoms with Crippen LogP contribution in [0, 0.1) is 11.8 Å². The summed E-state index contributed by atoms with van der Waals surface area (Å²) in [5.74, 6) is 6.21. The van der Waals surface area contributed by atoms with E-state index in [1.165, 1.54) is 25.7 Å². The second-order valence-corrected chi connectivity index (χ2v) is 8.03. The lowest BCUT2D eigenvalue weighted by Crippen LogP contribution is -2.31. The Morgan fingerprint density at radius 1 is 1.29 bits per heavy atom. The summed E-state index contributed by atoms with van der Waals surface area (Å²) in [6, 6.07) is 3.71. The smallest absolute Gasteiger partial charge is 0.302 e. The highest BCUT2D eigenvalue weighted by Crippen LogP contribution is 2.33. The van der Waals surface area contributed by atoms with Crippen LogP contribution in [-0.2, 0) is 6.54 Å². The number of rotatable bonds is 4. The first-order valence-corrected chi connectivity index (χ1v) is 9.91. The van der Waals surface area contributed by atoms with Crippen molar-refractivity contribution in [1.82, 2.24) is 24.9 Å². The van der Waals surface area contributed by atoms with Gasteiger partial charge >= 0.3 is 5.91 Å². The zero-order valence-corrected chi connectivity index (χ0v) is 16.5. The average molecular weight is 399 g/mol. The van der Waals surface area contributed by atoms with Crippen molar-refractivity contribution in [2.45, 2.75) is 39.2 Å². The van der Waals surface area contributed by atoms with E-state index in [4.69, 9.17) is 17.4 Å². The van der Waals surface area contributed by atoms with E-state index >= 15 is 0 Å². The van der Waals surface area contributed by atoms with Gasteiger partial charge in [-0.25, -0.2) is 15.8 Å². The Bertz CT molecular complexity index is 1010. The highest BCUT2D eigenvalue weighted by molar-refractivity contribution is 6.30. The number of hydrogen-bond acceptors (Lipinski definition) is 5. The normalized spacial score (nSPS) is 19.7. The third-order valence-corrected chi connectivity index (χ3v) is 5.72. The summed E-state index contributed by atoms with van der Waals surface area (Å²) >= 11 is 6.15. The Balaban J connectivity index is 1.81. The molecule has 0 bridgehead atoms. The molecule has 0 unspecified atom stereocenters. The average Bonchev–Trinajstić information content (AvgIpc) is 3.11. The Hall–Kier alpha value is -2.51. The molecule has 0 atom stereocenters. The molecule has 0 aromatic carbocycles. The highest BCUT2D eigenvalue weighted by Gasteiger charge is 2.22. The summed E-state index contributed by atoms with van der Waals surface area (Å²) in [7, 11) is 0. The number of amides is 1. The molecule has 0 spiro atoms. The second kappa shape index (κ2) is 7.85. The largest absolute Gasteiger partial charge is 0.344 e. The second-order valence-electron chi connectivity index (χ2n) is 7.59. The maximum absolute atomic E-state index is 12.1. The maximum atomic E-state index is 12.1. The lowest BCUT2D eigenvalue weighted by Gasteiger charge is -2.26. The molecule has 0 aliphatic heterocycles. The van der Waals surface area contributed by atoms with E-state index in [9.17, 15) is 4.79 Å². The molecule has 146 valence electrons. The summed E-state index contributed by atoms with van der Waals surface area (Å²) in [6.07, 6.45) is 10.3. The van der Waals surface area contributed by atoms with Crippen LogP contribution in [0.3, 0.4) is 0 Å². The number of nitrogens with one attached hydrogen (secondary N) is 1. The van der Waals surface area contributed by atoms with Gasteiger partial charge in [0.25, 0.3) is 0 Å². The molecule has 3 heterocycles. The van der Waals surface area contributed by atoms with Gasteiger partial charge in [0.05, 0.1) is 16.1 Å². The Labute approximate surface area is 168 Å². The Kier molecular flexibility index (Phi) is 5.28. The number of pyridine rings is 1. The summed E-state index contributed by atoms with van der Waals surface area (Å²) in [6.45, 7) is 3.23. The number of carbonyl (C=O) groups is 1. The molecule has 3 aromatic rings. The van der Waals surface area contributed by atoms with Crippen molar-refractivity contribution in [3.8, 4) is 11.3 Å².